The van der Waals surface area contributed by atoms with Gasteiger partial charge >= 0.3 is 23.9 Å². The van der Waals surface area contributed by atoms with Crippen LogP contribution in [0.3, 0.4) is 0 Å². The summed E-state index contributed by atoms with van der Waals surface area (Å²) in [4.78, 5) is 39.3. The molecule has 0 spiro atoms. The molecular formula is C10H12O8. The van der Waals surface area contributed by atoms with Gasteiger partial charge in [-0.25, -0.2) is 19.2 Å². The topological polar surface area (TPSA) is 138 Å². The van der Waals surface area contributed by atoms with E-state index >= 15 is 0 Å². The molecule has 0 rings (SSSR count). The molecule has 0 amide bonds. The Labute approximate surface area is 102 Å². The van der Waals surface area contributed by atoms with Gasteiger partial charge in [0.15, 0.2) is 0 Å². The number of hydrogen-bond donors (Lipinski definition) is 3. The molecule has 0 aromatic rings. The van der Waals surface area contributed by atoms with Crippen LogP contribution in [0.25, 0.3) is 0 Å². The number of esters is 1. The van der Waals surface area contributed by atoms with Crippen molar-refractivity contribution >= 4 is 23.9 Å². The van der Waals surface area contributed by atoms with Crippen molar-refractivity contribution in [3.8, 4) is 0 Å². The van der Waals surface area contributed by atoms with Crippen LogP contribution in [0.5, 0.6) is 0 Å². The highest BCUT2D eigenvalue weighted by Gasteiger charge is 1.94. The van der Waals surface area contributed by atoms with E-state index in [4.69, 9.17) is 15.3 Å². The zero-order valence-electron chi connectivity index (χ0n) is 9.40. The molecular weight excluding hydrogens is 248 g/mol. The number of carboxylic acid groups (broad SMARTS) is 3. The molecule has 8 heteroatoms. The Hall–Kier alpha value is -2.64. The van der Waals surface area contributed by atoms with Gasteiger partial charge in [0.1, 0.15) is 0 Å². The lowest BCUT2D eigenvalue weighted by atomic mass is 10.5. The SMILES string of the molecule is CCOC(=O)/C=C\C(=O)O.O=C(O)/C=C\C(=O)O. The van der Waals surface area contributed by atoms with Crippen LogP contribution in [0.2, 0.25) is 0 Å². The van der Waals surface area contributed by atoms with E-state index in [1.54, 1.807) is 6.92 Å². The lowest BCUT2D eigenvalue weighted by molar-refractivity contribution is -0.138. The normalized spacial score (nSPS) is 9.61. The van der Waals surface area contributed by atoms with E-state index < -0.39 is 23.9 Å². The summed E-state index contributed by atoms with van der Waals surface area (Å²) in [6.07, 6.45) is 2.72. The Morgan fingerprint density at radius 2 is 1.17 bits per heavy atom. The van der Waals surface area contributed by atoms with Crippen molar-refractivity contribution in [3.63, 3.8) is 0 Å². The van der Waals surface area contributed by atoms with E-state index in [1.165, 1.54) is 0 Å². The van der Waals surface area contributed by atoms with Crippen LogP contribution in [-0.4, -0.2) is 45.8 Å². The summed E-state index contributed by atoms with van der Waals surface area (Å²) >= 11 is 0. The molecule has 0 saturated heterocycles. The predicted octanol–water partition coefficient (Wildman–Crippen LogP) is -0.0979. The Morgan fingerprint density at radius 1 is 0.833 bits per heavy atom. The minimum absolute atomic E-state index is 0.253. The third-order valence-corrected chi connectivity index (χ3v) is 1.02. The molecule has 0 aromatic heterocycles. The van der Waals surface area contributed by atoms with Crippen LogP contribution in [-0.2, 0) is 23.9 Å². The third kappa shape index (κ3) is 19.0. The van der Waals surface area contributed by atoms with Gasteiger partial charge in [0.25, 0.3) is 0 Å². The Morgan fingerprint density at radius 3 is 1.44 bits per heavy atom. The van der Waals surface area contributed by atoms with Gasteiger partial charge in [-0.2, -0.15) is 0 Å². The molecule has 0 aliphatic carbocycles. The van der Waals surface area contributed by atoms with Crippen molar-refractivity contribution in [1.29, 1.82) is 0 Å². The van der Waals surface area contributed by atoms with Gasteiger partial charge in [0.2, 0.25) is 0 Å². The molecule has 0 aliphatic rings. The number of carbonyl (C=O) groups is 4. The van der Waals surface area contributed by atoms with Gasteiger partial charge in [0, 0.05) is 24.3 Å². The largest absolute Gasteiger partial charge is 0.478 e. The van der Waals surface area contributed by atoms with Crippen LogP contribution in [0.4, 0.5) is 0 Å². The first-order valence-corrected chi connectivity index (χ1v) is 4.51. The molecule has 0 radical (unpaired) electrons. The Balaban J connectivity index is 0. The fourth-order valence-corrected chi connectivity index (χ4v) is 0.472. The summed E-state index contributed by atoms with van der Waals surface area (Å²) in [5.74, 6) is -4.31. The maximum absolute atomic E-state index is 10.4. The number of carboxylic acids is 3. The molecule has 18 heavy (non-hydrogen) atoms. The van der Waals surface area contributed by atoms with Gasteiger partial charge in [-0.1, -0.05) is 0 Å². The number of aliphatic carboxylic acids is 3. The van der Waals surface area contributed by atoms with Crippen molar-refractivity contribution in [2.24, 2.45) is 0 Å². The van der Waals surface area contributed by atoms with Gasteiger partial charge in [-0.05, 0) is 6.92 Å². The molecule has 0 heterocycles. The van der Waals surface area contributed by atoms with Crippen molar-refractivity contribution in [1.82, 2.24) is 0 Å². The maximum atomic E-state index is 10.4. The van der Waals surface area contributed by atoms with E-state index in [-0.39, 0.29) is 6.61 Å². The predicted molar refractivity (Wildman–Crippen MR) is 57.8 cm³/mol. The van der Waals surface area contributed by atoms with E-state index in [1.807, 2.05) is 0 Å². The second-order valence-corrected chi connectivity index (χ2v) is 2.43. The van der Waals surface area contributed by atoms with Crippen LogP contribution in [0, 0.1) is 0 Å². The lowest BCUT2D eigenvalue weighted by Gasteiger charge is -1.92. The highest BCUT2D eigenvalue weighted by molar-refractivity contribution is 5.90. The number of ether oxygens (including phenoxy) is 1. The summed E-state index contributed by atoms with van der Waals surface area (Å²) in [6.45, 7) is 1.90. The standard InChI is InChI=1S/C6H8O4.C4H4O4/c1-2-10-6(9)4-3-5(7)8;5-3(6)1-2-4(7)8/h3-4H,2H2,1H3,(H,7,8);1-2H,(H,5,6)(H,7,8)/b4-3-;2-1-. The molecule has 8 nitrogen and oxygen atoms in total. The van der Waals surface area contributed by atoms with E-state index in [9.17, 15) is 19.2 Å². The molecule has 0 unspecified atom stereocenters. The minimum Gasteiger partial charge on any atom is -0.478 e. The number of rotatable bonds is 5. The Bertz CT molecular complexity index is 350. The van der Waals surface area contributed by atoms with Gasteiger partial charge in [-0.3, -0.25) is 0 Å². The molecule has 0 saturated carbocycles. The molecule has 0 aliphatic heterocycles. The zero-order valence-corrected chi connectivity index (χ0v) is 9.40. The van der Waals surface area contributed by atoms with Crippen molar-refractivity contribution in [3.05, 3.63) is 24.3 Å². The molecule has 0 atom stereocenters. The Kier molecular flexibility index (Phi) is 10.7. The summed E-state index contributed by atoms with van der Waals surface area (Å²) in [6, 6.07) is 0. The first kappa shape index (κ1) is 17.7. The average Bonchev–Trinajstić information content (AvgIpc) is 2.25. The second-order valence-electron chi connectivity index (χ2n) is 2.43. The van der Waals surface area contributed by atoms with Crippen molar-refractivity contribution in [2.75, 3.05) is 6.61 Å². The summed E-state index contributed by atoms with van der Waals surface area (Å²) in [5, 5.41) is 23.7. The molecule has 0 aromatic carbocycles. The molecule has 0 fully saturated rings. The minimum atomic E-state index is -1.26. The van der Waals surface area contributed by atoms with Crippen molar-refractivity contribution < 1.29 is 39.2 Å². The fourth-order valence-electron chi connectivity index (χ4n) is 0.472. The third-order valence-electron chi connectivity index (χ3n) is 1.02. The van der Waals surface area contributed by atoms with Crippen LogP contribution in [0.1, 0.15) is 6.92 Å². The smallest absolute Gasteiger partial charge is 0.330 e. The van der Waals surface area contributed by atoms with E-state index in [2.05, 4.69) is 4.74 Å². The summed E-state index contributed by atoms with van der Waals surface area (Å²) < 4.78 is 4.40. The monoisotopic (exact) mass is 260 g/mol. The molecule has 3 N–H and O–H groups in total. The van der Waals surface area contributed by atoms with Crippen LogP contribution < -0.4 is 0 Å². The van der Waals surface area contributed by atoms with Crippen LogP contribution >= 0.6 is 0 Å². The number of carbonyl (C=O) groups excluding carboxylic acids is 1. The summed E-state index contributed by atoms with van der Waals surface area (Å²) in [5.41, 5.74) is 0. The van der Waals surface area contributed by atoms with Crippen molar-refractivity contribution in [2.45, 2.75) is 6.92 Å². The summed E-state index contributed by atoms with van der Waals surface area (Å²) in [7, 11) is 0. The van der Waals surface area contributed by atoms with E-state index in [0.717, 1.165) is 12.2 Å². The number of hydrogen-bond acceptors (Lipinski definition) is 5. The maximum Gasteiger partial charge on any atom is 0.330 e. The lowest BCUT2D eigenvalue weighted by Crippen LogP contribution is -2.00. The second kappa shape index (κ2) is 10.9. The van der Waals surface area contributed by atoms with Gasteiger partial charge in [-0.15, -0.1) is 0 Å². The average molecular weight is 260 g/mol. The fraction of sp³-hybridized carbons (Fsp3) is 0.200. The zero-order chi connectivity index (χ0) is 14.6. The first-order valence-electron chi connectivity index (χ1n) is 4.51. The van der Waals surface area contributed by atoms with Gasteiger partial charge in [0.05, 0.1) is 6.61 Å². The molecule has 0 bridgehead atoms. The molecule has 100 valence electrons. The highest BCUT2D eigenvalue weighted by atomic mass is 16.5. The van der Waals surface area contributed by atoms with Crippen LogP contribution in [0.15, 0.2) is 24.3 Å². The van der Waals surface area contributed by atoms with E-state index in [0.29, 0.717) is 12.2 Å². The first-order chi connectivity index (χ1) is 8.29. The quantitative estimate of drug-likeness (QED) is 0.460. The van der Waals surface area contributed by atoms with Gasteiger partial charge < -0.3 is 20.1 Å². The highest BCUT2D eigenvalue weighted by Crippen LogP contribution is 1.80.